The zero-order valence-electron chi connectivity index (χ0n) is 10.4. The number of hydrogen-bond acceptors (Lipinski definition) is 4. The molecule has 0 radical (unpaired) electrons. The molecule has 2 aliphatic heterocycles. The Bertz CT molecular complexity index is 495. The van der Waals surface area contributed by atoms with Crippen LogP contribution in [0, 0.1) is 0 Å². The van der Waals surface area contributed by atoms with Crippen molar-refractivity contribution in [1.82, 2.24) is 4.90 Å². The molecule has 0 amide bonds. The molecule has 19 heavy (non-hydrogen) atoms. The second-order valence-corrected chi connectivity index (χ2v) is 5.80. The minimum atomic E-state index is 0. The van der Waals surface area contributed by atoms with E-state index in [0.717, 1.165) is 40.3 Å². The monoisotopic (exact) mass is 358 g/mol. The molecule has 0 N–H and O–H groups in total. The summed E-state index contributed by atoms with van der Waals surface area (Å²) in [6, 6.07) is 7.78. The topological polar surface area (TPSA) is 28.0 Å². The third kappa shape index (κ3) is 3.52. The van der Waals surface area contributed by atoms with Gasteiger partial charge in [0.25, 0.3) is 0 Å². The van der Waals surface area contributed by atoms with Gasteiger partial charge in [-0.1, -0.05) is 35.5 Å². The molecule has 102 valence electrons. The van der Waals surface area contributed by atoms with Crippen molar-refractivity contribution in [3.63, 3.8) is 0 Å². The van der Waals surface area contributed by atoms with Gasteiger partial charge in [0.15, 0.2) is 5.17 Å². The maximum absolute atomic E-state index is 5.88. The lowest BCUT2D eigenvalue weighted by molar-refractivity contribution is -0.00000350. The van der Waals surface area contributed by atoms with E-state index in [4.69, 9.17) is 11.6 Å². The molecule has 3 rings (SSSR count). The molecule has 1 aromatic rings. The zero-order valence-corrected chi connectivity index (χ0v) is 13.5. The average molecular weight is 360 g/mol. The lowest BCUT2D eigenvalue weighted by atomic mass is 10.1. The summed E-state index contributed by atoms with van der Waals surface area (Å²) in [6.45, 7) is 2.25. The molecular weight excluding hydrogens is 346 g/mol. The molecule has 0 unspecified atom stereocenters. The molecular formula is C13H14BrClN3S-. The number of halogens is 2. The molecule has 1 fully saturated rings. The highest BCUT2D eigenvalue weighted by Gasteiger charge is 2.20. The maximum Gasteiger partial charge on any atom is 0.186 e. The van der Waals surface area contributed by atoms with E-state index in [1.54, 1.807) is 11.8 Å². The summed E-state index contributed by atoms with van der Waals surface area (Å²) < 4.78 is 0. The van der Waals surface area contributed by atoms with E-state index in [1.165, 1.54) is 12.8 Å². The zero-order chi connectivity index (χ0) is 12.4. The molecule has 2 aliphatic rings. The van der Waals surface area contributed by atoms with Crippen molar-refractivity contribution in [1.29, 1.82) is 0 Å². The first-order valence-corrected chi connectivity index (χ1v) is 7.47. The number of benzene rings is 1. The van der Waals surface area contributed by atoms with Crippen molar-refractivity contribution in [3.8, 4) is 0 Å². The Labute approximate surface area is 132 Å². The summed E-state index contributed by atoms with van der Waals surface area (Å²) >= 11 is 7.66. The largest absolute Gasteiger partial charge is 1.00 e. The van der Waals surface area contributed by atoms with Crippen molar-refractivity contribution in [2.24, 2.45) is 10.2 Å². The Morgan fingerprint density at radius 1 is 1.05 bits per heavy atom. The van der Waals surface area contributed by atoms with E-state index in [2.05, 4.69) is 15.1 Å². The number of hydrogen-bond donors (Lipinski definition) is 0. The van der Waals surface area contributed by atoms with Gasteiger partial charge in [0.05, 0.1) is 5.71 Å². The Morgan fingerprint density at radius 3 is 2.32 bits per heavy atom. The Morgan fingerprint density at radius 2 is 1.74 bits per heavy atom. The minimum absolute atomic E-state index is 0. The second-order valence-electron chi connectivity index (χ2n) is 4.42. The maximum atomic E-state index is 5.88. The Hall–Kier alpha value is -0.520. The average Bonchev–Trinajstić information content (AvgIpc) is 2.94. The summed E-state index contributed by atoms with van der Waals surface area (Å²) in [5.74, 6) is 0.886. The van der Waals surface area contributed by atoms with Crippen LogP contribution in [0.15, 0.2) is 34.5 Å². The van der Waals surface area contributed by atoms with Gasteiger partial charge in [0.2, 0.25) is 0 Å². The highest BCUT2D eigenvalue weighted by atomic mass is 79.9. The molecule has 0 saturated carbocycles. The van der Waals surface area contributed by atoms with Crippen LogP contribution in [0.3, 0.4) is 0 Å². The molecule has 1 aromatic carbocycles. The Balaban J connectivity index is 0.00000133. The molecule has 2 heterocycles. The van der Waals surface area contributed by atoms with Crippen LogP contribution in [0.1, 0.15) is 18.4 Å². The first kappa shape index (κ1) is 14.9. The summed E-state index contributed by atoms with van der Waals surface area (Å²) in [7, 11) is 0. The van der Waals surface area contributed by atoms with Crippen molar-refractivity contribution < 1.29 is 17.0 Å². The number of amidine groups is 1. The van der Waals surface area contributed by atoms with E-state index >= 15 is 0 Å². The van der Waals surface area contributed by atoms with Crippen molar-refractivity contribution >= 4 is 34.2 Å². The standard InChI is InChI=1S/C13H14ClN3S.BrH/c14-11-5-3-10(4-6-11)12-9-18-13(16-15-12)17-7-1-2-8-17;/h3-6H,1-2,7-9H2;1H/p-1. The van der Waals surface area contributed by atoms with Crippen molar-refractivity contribution in [3.05, 3.63) is 34.9 Å². The van der Waals surface area contributed by atoms with Crippen LogP contribution in [0.4, 0.5) is 0 Å². The van der Waals surface area contributed by atoms with Crippen LogP contribution in [-0.4, -0.2) is 34.6 Å². The fourth-order valence-corrected chi connectivity index (χ4v) is 3.22. The molecule has 0 aromatic heterocycles. The van der Waals surface area contributed by atoms with Crippen molar-refractivity contribution in [2.45, 2.75) is 12.8 Å². The van der Waals surface area contributed by atoms with Gasteiger partial charge < -0.3 is 21.9 Å². The van der Waals surface area contributed by atoms with E-state index < -0.39 is 0 Å². The lowest BCUT2D eigenvalue weighted by Crippen LogP contribution is -3.00. The number of thioether (sulfide) groups is 1. The first-order chi connectivity index (χ1) is 8.83. The van der Waals surface area contributed by atoms with Gasteiger partial charge in [0.1, 0.15) is 0 Å². The highest BCUT2D eigenvalue weighted by Crippen LogP contribution is 2.22. The third-order valence-electron chi connectivity index (χ3n) is 3.15. The summed E-state index contributed by atoms with van der Waals surface area (Å²) in [4.78, 5) is 2.33. The molecule has 3 nitrogen and oxygen atoms in total. The quantitative estimate of drug-likeness (QED) is 0.719. The van der Waals surface area contributed by atoms with Crippen LogP contribution >= 0.6 is 23.4 Å². The second kappa shape index (κ2) is 6.77. The molecule has 0 aliphatic carbocycles. The van der Waals surface area contributed by atoms with E-state index in [-0.39, 0.29) is 17.0 Å². The van der Waals surface area contributed by atoms with Gasteiger partial charge in [-0.2, -0.15) is 5.10 Å². The predicted molar refractivity (Wildman–Crippen MR) is 78.7 cm³/mol. The van der Waals surface area contributed by atoms with Gasteiger partial charge in [-0.05, 0) is 30.5 Å². The number of rotatable bonds is 1. The van der Waals surface area contributed by atoms with E-state index in [9.17, 15) is 0 Å². The van der Waals surface area contributed by atoms with Gasteiger partial charge >= 0.3 is 0 Å². The Kier molecular flexibility index (Phi) is 5.30. The molecule has 0 bridgehead atoms. The highest BCUT2D eigenvalue weighted by molar-refractivity contribution is 8.14. The number of likely N-dealkylation sites (tertiary alicyclic amines) is 1. The van der Waals surface area contributed by atoms with Crippen LogP contribution in [0.5, 0.6) is 0 Å². The molecule has 1 saturated heterocycles. The smallest absolute Gasteiger partial charge is 0.186 e. The van der Waals surface area contributed by atoms with E-state index in [0.29, 0.717) is 0 Å². The van der Waals surface area contributed by atoms with Gasteiger partial charge in [-0.15, -0.1) is 5.10 Å². The SMILES string of the molecule is Clc1ccc(C2=NN=C(N3CCCC3)SC2)cc1.[Br-]. The summed E-state index contributed by atoms with van der Waals surface area (Å²) in [5, 5.41) is 10.5. The molecule has 0 spiro atoms. The van der Waals surface area contributed by atoms with Crippen molar-refractivity contribution in [2.75, 3.05) is 18.8 Å². The van der Waals surface area contributed by atoms with Crippen LogP contribution in [-0.2, 0) is 0 Å². The summed E-state index contributed by atoms with van der Waals surface area (Å²) in [5.41, 5.74) is 2.13. The van der Waals surface area contributed by atoms with Gasteiger partial charge in [-0.25, -0.2) is 0 Å². The van der Waals surface area contributed by atoms with Gasteiger partial charge in [0, 0.05) is 23.9 Å². The first-order valence-electron chi connectivity index (χ1n) is 6.11. The lowest BCUT2D eigenvalue weighted by Gasteiger charge is -2.20. The van der Waals surface area contributed by atoms with Crippen LogP contribution < -0.4 is 17.0 Å². The molecule has 0 atom stereocenters. The van der Waals surface area contributed by atoms with Crippen LogP contribution in [0.2, 0.25) is 5.02 Å². The fraction of sp³-hybridized carbons (Fsp3) is 0.385. The fourth-order valence-electron chi connectivity index (χ4n) is 2.14. The minimum Gasteiger partial charge on any atom is -1.00 e. The predicted octanol–water partition coefficient (Wildman–Crippen LogP) is 0.247. The molecule has 6 heteroatoms. The normalized spacial score (nSPS) is 18.7. The number of nitrogens with zero attached hydrogens (tertiary/aromatic N) is 3. The van der Waals surface area contributed by atoms with Crippen LogP contribution in [0.25, 0.3) is 0 Å². The van der Waals surface area contributed by atoms with Gasteiger partial charge in [-0.3, -0.25) is 0 Å². The van der Waals surface area contributed by atoms with E-state index in [1.807, 2.05) is 24.3 Å². The summed E-state index contributed by atoms with van der Waals surface area (Å²) in [6.07, 6.45) is 2.54. The third-order valence-corrected chi connectivity index (χ3v) is 4.42.